The van der Waals surface area contributed by atoms with Gasteiger partial charge < -0.3 is 10.1 Å². The van der Waals surface area contributed by atoms with E-state index in [2.05, 4.69) is 31.5 Å². The molecule has 30 heavy (non-hydrogen) atoms. The first-order chi connectivity index (χ1) is 14.5. The molecule has 0 saturated heterocycles. The summed E-state index contributed by atoms with van der Waals surface area (Å²) in [5.74, 6) is 0.467. The van der Waals surface area contributed by atoms with Gasteiger partial charge in [-0.1, -0.05) is 40.2 Å². The van der Waals surface area contributed by atoms with E-state index in [1.54, 1.807) is 0 Å². The highest BCUT2D eigenvalue weighted by molar-refractivity contribution is 9.10. The third kappa shape index (κ3) is 4.77. The molecule has 3 aromatic rings. The molecule has 0 radical (unpaired) electrons. The fourth-order valence-electron chi connectivity index (χ4n) is 2.94. The highest BCUT2D eigenvalue weighted by Gasteiger charge is 2.18. The van der Waals surface area contributed by atoms with Crippen LogP contribution in [0.5, 0.6) is 5.75 Å². The van der Waals surface area contributed by atoms with Gasteiger partial charge >= 0.3 is 0 Å². The van der Waals surface area contributed by atoms with E-state index in [9.17, 15) is 9.59 Å². The van der Waals surface area contributed by atoms with Crippen molar-refractivity contribution in [3.8, 4) is 17.0 Å². The molecule has 0 fully saturated rings. The Morgan fingerprint density at radius 1 is 1.20 bits per heavy atom. The minimum absolute atomic E-state index is 0.0615. The van der Waals surface area contributed by atoms with Gasteiger partial charge in [-0.3, -0.25) is 14.9 Å². The number of thiazole rings is 1. The number of hydrogen-bond donors (Lipinski definition) is 2. The second-order valence-electron chi connectivity index (χ2n) is 6.74. The van der Waals surface area contributed by atoms with E-state index in [1.807, 2.05) is 53.9 Å². The fourth-order valence-corrected chi connectivity index (χ4v) is 4.03. The molecule has 4 rings (SSSR count). The summed E-state index contributed by atoms with van der Waals surface area (Å²) in [7, 11) is 0. The van der Waals surface area contributed by atoms with E-state index in [1.165, 1.54) is 18.3 Å². The molecule has 8 heteroatoms. The normalized spacial score (nSPS) is 12.4. The molecule has 2 heterocycles. The Kier molecular flexibility index (Phi) is 5.96. The second kappa shape index (κ2) is 8.81. The Morgan fingerprint density at radius 2 is 2.00 bits per heavy atom. The number of fused-ring (bicyclic) bond motifs is 1. The van der Waals surface area contributed by atoms with Crippen LogP contribution in [-0.4, -0.2) is 23.4 Å². The summed E-state index contributed by atoms with van der Waals surface area (Å²) in [5, 5.41) is 8.05. The van der Waals surface area contributed by atoms with Gasteiger partial charge in [0.15, 0.2) is 5.13 Å². The number of ether oxygens (including phenoxy) is 1. The van der Waals surface area contributed by atoms with Crippen molar-refractivity contribution < 1.29 is 14.3 Å². The number of carbonyl (C=O) groups excluding carboxylic acids is 2. The van der Waals surface area contributed by atoms with Crippen LogP contribution in [0.1, 0.15) is 18.1 Å². The van der Waals surface area contributed by atoms with Crippen molar-refractivity contribution in [1.29, 1.82) is 0 Å². The Balaban J connectivity index is 1.43. The van der Waals surface area contributed by atoms with Gasteiger partial charge in [-0.15, -0.1) is 11.3 Å². The van der Waals surface area contributed by atoms with Crippen LogP contribution >= 0.6 is 27.3 Å². The Hall–Kier alpha value is -2.97. The van der Waals surface area contributed by atoms with Gasteiger partial charge in [-0.2, -0.15) is 0 Å². The Labute approximate surface area is 186 Å². The molecule has 2 amide bonds. The van der Waals surface area contributed by atoms with Gasteiger partial charge in [0.2, 0.25) is 5.91 Å². The molecular weight excluding hydrogens is 466 g/mol. The highest BCUT2D eigenvalue weighted by Crippen LogP contribution is 2.30. The smallest absolute Gasteiger partial charge is 0.256 e. The number of carbonyl (C=O) groups is 2. The van der Waals surface area contributed by atoms with Crippen molar-refractivity contribution in [2.45, 2.75) is 13.5 Å². The van der Waals surface area contributed by atoms with Crippen LogP contribution in [0.2, 0.25) is 0 Å². The first-order valence-corrected chi connectivity index (χ1v) is 10.9. The summed E-state index contributed by atoms with van der Waals surface area (Å²) in [6.45, 7) is 2.20. The number of nitrogens with one attached hydrogen (secondary N) is 2. The zero-order valence-corrected chi connectivity index (χ0v) is 18.5. The summed E-state index contributed by atoms with van der Waals surface area (Å²) < 4.78 is 6.60. The number of rotatable bonds is 5. The largest absolute Gasteiger partial charge is 0.488 e. The Bertz CT molecular complexity index is 1140. The maximum Gasteiger partial charge on any atom is 0.256 e. The lowest BCUT2D eigenvalue weighted by Gasteiger charge is -2.17. The van der Waals surface area contributed by atoms with E-state index in [0.29, 0.717) is 17.2 Å². The maximum atomic E-state index is 12.6. The molecule has 2 N–H and O–H groups in total. The first kappa shape index (κ1) is 20.3. The van der Waals surface area contributed by atoms with Crippen LogP contribution in [0.15, 0.2) is 57.9 Å². The second-order valence-corrected chi connectivity index (χ2v) is 8.51. The number of amides is 2. The lowest BCUT2D eigenvalue weighted by Crippen LogP contribution is -2.21. The maximum absolute atomic E-state index is 12.6. The molecule has 1 aliphatic heterocycles. The van der Waals surface area contributed by atoms with Crippen molar-refractivity contribution >= 4 is 50.3 Å². The van der Waals surface area contributed by atoms with Gasteiger partial charge in [-0.05, 0) is 29.8 Å². The lowest BCUT2D eigenvalue weighted by atomic mass is 10.1. The summed E-state index contributed by atoms with van der Waals surface area (Å²) >= 11 is 4.80. The summed E-state index contributed by atoms with van der Waals surface area (Å²) in [4.78, 5) is 28.2. The molecule has 0 bridgehead atoms. The van der Waals surface area contributed by atoms with Crippen LogP contribution in [0, 0.1) is 0 Å². The van der Waals surface area contributed by atoms with Crippen LogP contribution in [0.3, 0.4) is 0 Å². The lowest BCUT2D eigenvalue weighted by molar-refractivity contribution is -0.119. The predicted octanol–water partition coefficient (Wildman–Crippen LogP) is 4.62. The summed E-state index contributed by atoms with van der Waals surface area (Å²) in [5.41, 5.74) is 4.13. The number of anilines is 1. The van der Waals surface area contributed by atoms with E-state index in [4.69, 9.17) is 4.74 Å². The molecule has 1 aliphatic rings. The van der Waals surface area contributed by atoms with Crippen molar-refractivity contribution in [2.75, 3.05) is 11.9 Å². The molecule has 152 valence electrons. The molecule has 0 unspecified atom stereocenters. The fraction of sp³-hybridized carbons (Fsp3) is 0.136. The van der Waals surface area contributed by atoms with Gasteiger partial charge in [0.1, 0.15) is 12.4 Å². The molecule has 6 nitrogen and oxygen atoms in total. The molecule has 0 spiro atoms. The van der Waals surface area contributed by atoms with Crippen LogP contribution in [-0.2, 0) is 16.1 Å². The zero-order valence-electron chi connectivity index (χ0n) is 16.1. The number of hydrogen-bond acceptors (Lipinski definition) is 5. The highest BCUT2D eigenvalue weighted by atomic mass is 79.9. The van der Waals surface area contributed by atoms with Crippen molar-refractivity contribution in [3.63, 3.8) is 0 Å². The monoisotopic (exact) mass is 483 g/mol. The van der Waals surface area contributed by atoms with Crippen LogP contribution in [0.4, 0.5) is 5.13 Å². The van der Waals surface area contributed by atoms with Gasteiger partial charge in [0.25, 0.3) is 5.91 Å². The van der Waals surface area contributed by atoms with Gasteiger partial charge in [-0.25, -0.2) is 4.98 Å². The van der Waals surface area contributed by atoms with Crippen molar-refractivity contribution in [3.05, 3.63) is 69.0 Å². The van der Waals surface area contributed by atoms with Crippen molar-refractivity contribution in [2.24, 2.45) is 0 Å². The van der Waals surface area contributed by atoms with Crippen molar-refractivity contribution in [1.82, 2.24) is 10.3 Å². The third-order valence-electron chi connectivity index (χ3n) is 4.49. The standard InChI is InChI=1S/C22H18BrN3O3S/c1-13(27)24-10-14-2-4-15(5-3-14)19-12-30-22(25-19)26-21(28)17-8-16-9-18(23)6-7-20(16)29-11-17/h2-9,12H,10-11H2,1H3,(H,24,27)(H,25,26,28). The van der Waals surface area contributed by atoms with Crippen LogP contribution < -0.4 is 15.4 Å². The molecule has 0 aliphatic carbocycles. The molecule has 1 aromatic heterocycles. The van der Waals surface area contributed by atoms with E-state index in [0.717, 1.165) is 32.6 Å². The Morgan fingerprint density at radius 3 is 2.77 bits per heavy atom. The minimum Gasteiger partial charge on any atom is -0.488 e. The van der Waals surface area contributed by atoms with Gasteiger partial charge in [0.05, 0.1) is 11.3 Å². The average Bonchev–Trinajstić information content (AvgIpc) is 3.20. The van der Waals surface area contributed by atoms with Crippen LogP contribution in [0.25, 0.3) is 17.3 Å². The topological polar surface area (TPSA) is 80.3 Å². The number of benzene rings is 2. The molecule has 0 atom stereocenters. The van der Waals surface area contributed by atoms with E-state index < -0.39 is 0 Å². The minimum atomic E-state index is -0.229. The molecule has 2 aromatic carbocycles. The average molecular weight is 484 g/mol. The summed E-state index contributed by atoms with van der Waals surface area (Å²) in [6, 6.07) is 13.5. The number of nitrogens with zero attached hydrogens (tertiary/aromatic N) is 1. The predicted molar refractivity (Wildman–Crippen MR) is 121 cm³/mol. The molecular formula is C22H18BrN3O3S. The SMILES string of the molecule is CC(=O)NCc1ccc(-c2csc(NC(=O)C3=Cc4cc(Br)ccc4OC3)n2)cc1. The zero-order chi connectivity index (χ0) is 21.1. The summed E-state index contributed by atoms with van der Waals surface area (Å²) in [6.07, 6.45) is 1.83. The first-order valence-electron chi connectivity index (χ1n) is 9.21. The van der Waals surface area contributed by atoms with Gasteiger partial charge in [0, 0.05) is 34.4 Å². The van der Waals surface area contributed by atoms with E-state index >= 15 is 0 Å². The van der Waals surface area contributed by atoms with E-state index in [-0.39, 0.29) is 18.4 Å². The molecule has 0 saturated carbocycles. The quantitative estimate of drug-likeness (QED) is 0.554. The third-order valence-corrected chi connectivity index (χ3v) is 5.74. The number of halogens is 1. The number of aromatic nitrogens is 1.